The van der Waals surface area contributed by atoms with Crippen LogP contribution in [0, 0.1) is 0 Å². The van der Waals surface area contributed by atoms with E-state index in [9.17, 15) is 4.79 Å². The van der Waals surface area contributed by atoms with Crippen molar-refractivity contribution in [2.75, 3.05) is 6.54 Å². The third-order valence-electron chi connectivity index (χ3n) is 6.25. The smallest absolute Gasteiger partial charge is 0.252 e. The molecule has 0 spiro atoms. The summed E-state index contributed by atoms with van der Waals surface area (Å²) in [6, 6.07) is 10.4. The molecule has 2 bridgehead atoms. The van der Waals surface area contributed by atoms with Crippen LogP contribution in [0.2, 0.25) is 0 Å². The molecule has 1 saturated heterocycles. The van der Waals surface area contributed by atoms with E-state index in [2.05, 4.69) is 63.1 Å². The number of nitrogens with one attached hydrogen (secondary N) is 1. The molecule has 4 nitrogen and oxygen atoms in total. The lowest BCUT2D eigenvalue weighted by Crippen LogP contribution is -2.26. The Hall–Kier alpha value is -2.20. The van der Waals surface area contributed by atoms with Crippen molar-refractivity contribution in [3.63, 3.8) is 0 Å². The molecule has 2 aromatic rings. The number of rotatable bonds is 4. The summed E-state index contributed by atoms with van der Waals surface area (Å²) in [5.41, 5.74) is 5.20. The Morgan fingerprint density at radius 1 is 1.11 bits per heavy atom. The summed E-state index contributed by atoms with van der Waals surface area (Å²) in [4.78, 5) is 16.8. The molecule has 1 aromatic carbocycles. The van der Waals surface area contributed by atoms with Crippen molar-refractivity contribution >= 4 is 5.91 Å². The summed E-state index contributed by atoms with van der Waals surface area (Å²) in [6.45, 7) is 11.3. The lowest BCUT2D eigenvalue weighted by atomic mass is 9.77. The topological polar surface area (TPSA) is 51.2 Å². The molecule has 2 atom stereocenters. The molecule has 4 heteroatoms. The van der Waals surface area contributed by atoms with Crippen molar-refractivity contribution in [3.05, 3.63) is 64.5 Å². The number of ether oxygens (including phenoxy) is 1. The van der Waals surface area contributed by atoms with Crippen LogP contribution in [-0.4, -0.2) is 17.4 Å². The van der Waals surface area contributed by atoms with Crippen LogP contribution in [0.15, 0.2) is 36.5 Å². The Morgan fingerprint density at radius 2 is 1.82 bits per heavy atom. The van der Waals surface area contributed by atoms with Gasteiger partial charge in [0.15, 0.2) is 0 Å². The molecule has 1 amide bonds. The molecule has 1 fully saturated rings. The van der Waals surface area contributed by atoms with Crippen molar-refractivity contribution < 1.29 is 9.53 Å². The fourth-order valence-electron chi connectivity index (χ4n) is 4.50. The number of fused-ring (bicyclic) bond motifs is 5. The average molecular weight is 379 g/mol. The second-order valence-corrected chi connectivity index (χ2v) is 9.63. The first kappa shape index (κ1) is 19.1. The minimum atomic E-state index is -0.149. The number of amides is 1. The molecule has 0 aliphatic carbocycles. The van der Waals surface area contributed by atoms with Gasteiger partial charge in [0.1, 0.15) is 0 Å². The zero-order valence-corrected chi connectivity index (χ0v) is 17.6. The molecular weight excluding hydrogens is 348 g/mol. The minimum absolute atomic E-state index is 0.0144. The maximum atomic E-state index is 12.4. The second kappa shape index (κ2) is 6.41. The van der Waals surface area contributed by atoms with Gasteiger partial charge >= 0.3 is 0 Å². The molecule has 2 unspecified atom stereocenters. The van der Waals surface area contributed by atoms with Crippen LogP contribution in [0.1, 0.15) is 80.2 Å². The van der Waals surface area contributed by atoms with Crippen molar-refractivity contribution in [3.8, 4) is 0 Å². The molecule has 0 saturated carbocycles. The highest BCUT2D eigenvalue weighted by molar-refractivity contribution is 5.93. The molecule has 2 aliphatic rings. The fourth-order valence-corrected chi connectivity index (χ4v) is 4.50. The molecule has 1 aromatic heterocycles. The number of pyridine rings is 1. The Bertz CT molecular complexity index is 913. The summed E-state index contributed by atoms with van der Waals surface area (Å²) in [5.74, 6) is -0.0732. The van der Waals surface area contributed by atoms with Crippen LogP contribution in [0.5, 0.6) is 0 Å². The molecule has 3 heterocycles. The molecule has 0 radical (unpaired) electrons. The van der Waals surface area contributed by atoms with Crippen LogP contribution in [0.25, 0.3) is 0 Å². The fraction of sp³-hybridized carbons (Fsp3) is 0.500. The van der Waals surface area contributed by atoms with E-state index in [1.54, 1.807) is 6.20 Å². The van der Waals surface area contributed by atoms with E-state index >= 15 is 0 Å². The van der Waals surface area contributed by atoms with E-state index in [1.807, 2.05) is 12.1 Å². The summed E-state index contributed by atoms with van der Waals surface area (Å²) in [7, 11) is 0. The van der Waals surface area contributed by atoms with Gasteiger partial charge in [0.05, 0.1) is 16.8 Å². The SMILES string of the molecule is CC(C)(C)c1ccc(C(=O)NCCc2ccc3c(c2)C2(C)CCC3(C)O2)cn1. The highest BCUT2D eigenvalue weighted by Gasteiger charge is 2.54. The van der Waals surface area contributed by atoms with E-state index in [4.69, 9.17) is 4.74 Å². The van der Waals surface area contributed by atoms with Crippen LogP contribution in [-0.2, 0) is 27.8 Å². The minimum Gasteiger partial charge on any atom is -0.360 e. The summed E-state index contributed by atoms with van der Waals surface area (Å²) in [5, 5.41) is 3.01. The van der Waals surface area contributed by atoms with Crippen LogP contribution in [0.3, 0.4) is 0 Å². The first-order valence-electron chi connectivity index (χ1n) is 10.2. The van der Waals surface area contributed by atoms with Gasteiger partial charge in [0.25, 0.3) is 5.91 Å². The summed E-state index contributed by atoms with van der Waals surface area (Å²) < 4.78 is 6.33. The van der Waals surface area contributed by atoms with Gasteiger partial charge in [-0.3, -0.25) is 9.78 Å². The van der Waals surface area contributed by atoms with Crippen molar-refractivity contribution in [1.29, 1.82) is 0 Å². The highest BCUT2D eigenvalue weighted by atomic mass is 16.5. The molecule has 28 heavy (non-hydrogen) atoms. The van der Waals surface area contributed by atoms with Crippen LogP contribution >= 0.6 is 0 Å². The molecule has 2 aliphatic heterocycles. The number of hydrogen-bond donors (Lipinski definition) is 1. The van der Waals surface area contributed by atoms with E-state index in [1.165, 1.54) is 16.7 Å². The third kappa shape index (κ3) is 3.24. The van der Waals surface area contributed by atoms with Crippen molar-refractivity contribution in [2.24, 2.45) is 0 Å². The number of carbonyl (C=O) groups excluding carboxylic acids is 1. The van der Waals surface area contributed by atoms with Gasteiger partial charge in [0.2, 0.25) is 0 Å². The van der Waals surface area contributed by atoms with Crippen molar-refractivity contribution in [1.82, 2.24) is 10.3 Å². The predicted molar refractivity (Wildman–Crippen MR) is 110 cm³/mol. The Balaban J connectivity index is 1.38. The third-order valence-corrected chi connectivity index (χ3v) is 6.25. The zero-order valence-electron chi connectivity index (χ0n) is 17.6. The van der Waals surface area contributed by atoms with Crippen LogP contribution < -0.4 is 5.32 Å². The van der Waals surface area contributed by atoms with Gasteiger partial charge in [-0.2, -0.15) is 0 Å². The zero-order chi connectivity index (χ0) is 20.2. The van der Waals surface area contributed by atoms with Gasteiger partial charge in [-0.25, -0.2) is 0 Å². The van der Waals surface area contributed by atoms with Gasteiger partial charge < -0.3 is 10.1 Å². The van der Waals surface area contributed by atoms with Gasteiger partial charge in [-0.15, -0.1) is 0 Å². The Morgan fingerprint density at radius 3 is 2.46 bits per heavy atom. The maximum Gasteiger partial charge on any atom is 0.252 e. The highest BCUT2D eigenvalue weighted by Crippen LogP contribution is 2.57. The van der Waals surface area contributed by atoms with E-state index in [0.717, 1.165) is 25.0 Å². The number of hydrogen-bond acceptors (Lipinski definition) is 3. The van der Waals surface area contributed by atoms with Gasteiger partial charge in [-0.05, 0) is 61.9 Å². The van der Waals surface area contributed by atoms with E-state index < -0.39 is 0 Å². The standard InChI is InChI=1S/C24H30N2O2/c1-22(2,3)20-9-7-17(15-26-20)21(27)25-13-10-16-6-8-18-19(14-16)24(5)12-11-23(18,4)28-24/h6-9,14-15H,10-13H2,1-5H3,(H,25,27). The van der Waals surface area contributed by atoms with Crippen LogP contribution in [0.4, 0.5) is 0 Å². The number of carbonyl (C=O) groups is 1. The lowest BCUT2D eigenvalue weighted by Gasteiger charge is -2.23. The number of nitrogens with zero attached hydrogens (tertiary/aromatic N) is 1. The van der Waals surface area contributed by atoms with Gasteiger partial charge in [0, 0.05) is 23.9 Å². The molecular formula is C24H30N2O2. The van der Waals surface area contributed by atoms with Gasteiger partial charge in [-0.1, -0.05) is 39.0 Å². The largest absolute Gasteiger partial charge is 0.360 e. The Labute approximate surface area is 167 Å². The summed E-state index contributed by atoms with van der Waals surface area (Å²) >= 11 is 0. The lowest BCUT2D eigenvalue weighted by molar-refractivity contribution is -0.0662. The summed E-state index contributed by atoms with van der Waals surface area (Å²) in [6.07, 6.45) is 4.64. The molecule has 1 N–H and O–H groups in total. The van der Waals surface area contributed by atoms with E-state index in [0.29, 0.717) is 12.1 Å². The Kier molecular flexibility index (Phi) is 4.38. The first-order valence-corrected chi connectivity index (χ1v) is 10.2. The molecule has 148 valence electrons. The monoisotopic (exact) mass is 378 g/mol. The average Bonchev–Trinajstić information content (AvgIpc) is 3.08. The van der Waals surface area contributed by atoms with E-state index in [-0.39, 0.29) is 22.5 Å². The quantitative estimate of drug-likeness (QED) is 0.845. The number of benzene rings is 1. The first-order chi connectivity index (χ1) is 13.1. The maximum absolute atomic E-state index is 12.4. The molecule has 4 rings (SSSR count). The number of aromatic nitrogens is 1. The second-order valence-electron chi connectivity index (χ2n) is 9.63. The normalized spacial score (nSPS) is 25.6. The predicted octanol–water partition coefficient (Wildman–Crippen LogP) is 4.61. The van der Waals surface area contributed by atoms with Crippen molar-refractivity contribution in [2.45, 2.75) is 70.5 Å².